The van der Waals surface area contributed by atoms with E-state index >= 15 is 0 Å². The van der Waals surface area contributed by atoms with Crippen molar-refractivity contribution in [1.29, 1.82) is 0 Å². The zero-order chi connectivity index (χ0) is 14.6. The van der Waals surface area contributed by atoms with Crippen molar-refractivity contribution in [2.45, 2.75) is 43.3 Å². The van der Waals surface area contributed by atoms with E-state index in [1.54, 1.807) is 0 Å². The minimum absolute atomic E-state index is 0.153. The lowest BCUT2D eigenvalue weighted by Gasteiger charge is -2.22. The number of benzene rings is 1. The summed E-state index contributed by atoms with van der Waals surface area (Å²) in [5.74, 6) is 0.308. The van der Waals surface area contributed by atoms with E-state index in [4.69, 9.17) is 0 Å². The molecule has 1 aromatic carbocycles. The molecular formula is C16H24N2OS. The Morgan fingerprint density at radius 1 is 1.20 bits per heavy atom. The Bertz CT molecular complexity index is 445. The molecule has 0 bridgehead atoms. The van der Waals surface area contributed by atoms with E-state index in [9.17, 15) is 4.79 Å². The molecule has 1 aromatic rings. The van der Waals surface area contributed by atoms with Gasteiger partial charge < -0.3 is 10.6 Å². The molecule has 110 valence electrons. The van der Waals surface area contributed by atoms with Crippen LogP contribution >= 0.6 is 11.8 Å². The number of piperidine rings is 1. The predicted molar refractivity (Wildman–Crippen MR) is 86.3 cm³/mol. The number of amides is 1. The molecule has 20 heavy (non-hydrogen) atoms. The van der Waals surface area contributed by atoms with E-state index in [0.717, 1.165) is 31.6 Å². The fourth-order valence-corrected chi connectivity index (χ4v) is 3.27. The van der Waals surface area contributed by atoms with Gasteiger partial charge in [0.25, 0.3) is 0 Å². The Morgan fingerprint density at radius 2 is 1.80 bits per heavy atom. The van der Waals surface area contributed by atoms with E-state index in [1.807, 2.05) is 23.9 Å². The molecule has 0 aromatic heterocycles. The molecule has 0 radical (unpaired) electrons. The van der Waals surface area contributed by atoms with Gasteiger partial charge in [-0.3, -0.25) is 4.79 Å². The molecule has 0 atom stereocenters. The summed E-state index contributed by atoms with van der Waals surface area (Å²) in [6, 6.07) is 8.14. The number of carbonyl (C=O) groups excluding carboxylic acids is 1. The first-order valence-electron chi connectivity index (χ1n) is 7.25. The van der Waals surface area contributed by atoms with Crippen LogP contribution in [0.15, 0.2) is 29.2 Å². The van der Waals surface area contributed by atoms with Crippen LogP contribution < -0.4 is 10.6 Å². The largest absolute Gasteiger partial charge is 0.326 e. The van der Waals surface area contributed by atoms with Gasteiger partial charge in [0.15, 0.2) is 0 Å². The zero-order valence-electron chi connectivity index (χ0n) is 12.5. The summed E-state index contributed by atoms with van der Waals surface area (Å²) in [6.07, 6.45) is 1.87. The van der Waals surface area contributed by atoms with Crippen LogP contribution in [0.5, 0.6) is 0 Å². The molecule has 4 heteroatoms. The molecule has 1 fully saturated rings. The number of carbonyl (C=O) groups is 1. The van der Waals surface area contributed by atoms with Gasteiger partial charge in [-0.05, 0) is 50.2 Å². The maximum atomic E-state index is 12.1. The standard InChI is InChI=1S/C16H24N2OS/c1-16(2,3)20-14-6-4-13(5-7-14)18-15(19)12-8-10-17-11-9-12/h4-7,12,17H,8-11H2,1-3H3,(H,18,19). The van der Waals surface area contributed by atoms with Gasteiger partial charge in [-0.2, -0.15) is 0 Å². The molecule has 2 N–H and O–H groups in total. The van der Waals surface area contributed by atoms with Crippen LogP contribution in [0.2, 0.25) is 0 Å². The first-order chi connectivity index (χ1) is 9.44. The molecule has 0 aliphatic carbocycles. The number of anilines is 1. The highest BCUT2D eigenvalue weighted by Crippen LogP contribution is 2.32. The minimum Gasteiger partial charge on any atom is -0.326 e. The van der Waals surface area contributed by atoms with Gasteiger partial charge >= 0.3 is 0 Å². The van der Waals surface area contributed by atoms with Crippen molar-refractivity contribution >= 4 is 23.4 Å². The van der Waals surface area contributed by atoms with Crippen molar-refractivity contribution in [1.82, 2.24) is 5.32 Å². The van der Waals surface area contributed by atoms with Crippen molar-refractivity contribution in [3.8, 4) is 0 Å². The van der Waals surface area contributed by atoms with Gasteiger partial charge in [0, 0.05) is 21.2 Å². The SMILES string of the molecule is CC(C)(C)Sc1ccc(NC(=O)C2CCNCC2)cc1. The summed E-state index contributed by atoms with van der Waals surface area (Å²) in [5, 5.41) is 6.31. The highest BCUT2D eigenvalue weighted by atomic mass is 32.2. The number of rotatable bonds is 3. The Balaban J connectivity index is 1.91. The number of nitrogens with one attached hydrogen (secondary N) is 2. The van der Waals surface area contributed by atoms with Crippen LogP contribution in [0.1, 0.15) is 33.6 Å². The monoisotopic (exact) mass is 292 g/mol. The van der Waals surface area contributed by atoms with Gasteiger partial charge in [0.1, 0.15) is 0 Å². The van der Waals surface area contributed by atoms with E-state index in [1.165, 1.54) is 4.90 Å². The topological polar surface area (TPSA) is 41.1 Å². The number of thioether (sulfide) groups is 1. The second-order valence-corrected chi connectivity index (χ2v) is 8.15. The fourth-order valence-electron chi connectivity index (χ4n) is 2.29. The van der Waals surface area contributed by atoms with Crippen molar-refractivity contribution in [3.05, 3.63) is 24.3 Å². The third kappa shape index (κ3) is 4.84. The van der Waals surface area contributed by atoms with Gasteiger partial charge in [-0.15, -0.1) is 11.8 Å². The lowest BCUT2D eigenvalue weighted by Crippen LogP contribution is -2.34. The molecule has 1 saturated heterocycles. The van der Waals surface area contributed by atoms with Crippen molar-refractivity contribution in [2.75, 3.05) is 18.4 Å². The Morgan fingerprint density at radius 3 is 2.35 bits per heavy atom. The molecule has 1 aliphatic rings. The zero-order valence-corrected chi connectivity index (χ0v) is 13.3. The summed E-state index contributed by atoms with van der Waals surface area (Å²) in [4.78, 5) is 13.4. The highest BCUT2D eigenvalue weighted by Gasteiger charge is 2.20. The van der Waals surface area contributed by atoms with Crippen LogP contribution in [-0.4, -0.2) is 23.7 Å². The van der Waals surface area contributed by atoms with Crippen LogP contribution in [0.25, 0.3) is 0 Å². The van der Waals surface area contributed by atoms with Crippen LogP contribution in [0.3, 0.4) is 0 Å². The molecule has 1 heterocycles. The van der Waals surface area contributed by atoms with Crippen LogP contribution in [0.4, 0.5) is 5.69 Å². The smallest absolute Gasteiger partial charge is 0.227 e. The van der Waals surface area contributed by atoms with Gasteiger partial charge in [0.05, 0.1) is 0 Å². The molecule has 3 nitrogen and oxygen atoms in total. The maximum Gasteiger partial charge on any atom is 0.227 e. The van der Waals surface area contributed by atoms with Crippen molar-refractivity contribution in [3.63, 3.8) is 0 Å². The Labute approximate surface area is 125 Å². The summed E-state index contributed by atoms with van der Waals surface area (Å²) < 4.78 is 0.208. The lowest BCUT2D eigenvalue weighted by molar-refractivity contribution is -0.120. The first kappa shape index (κ1) is 15.4. The normalized spacial score (nSPS) is 16.9. The quantitative estimate of drug-likeness (QED) is 0.838. The molecule has 0 saturated carbocycles. The van der Waals surface area contributed by atoms with Crippen LogP contribution in [0, 0.1) is 5.92 Å². The highest BCUT2D eigenvalue weighted by molar-refractivity contribution is 8.00. The molecule has 0 spiro atoms. The molecule has 1 amide bonds. The Hall–Kier alpha value is -1.00. The fraction of sp³-hybridized carbons (Fsp3) is 0.562. The number of hydrogen-bond acceptors (Lipinski definition) is 3. The average Bonchev–Trinajstić information content (AvgIpc) is 2.40. The van der Waals surface area contributed by atoms with Crippen molar-refractivity contribution in [2.24, 2.45) is 5.92 Å². The van der Waals surface area contributed by atoms with E-state index < -0.39 is 0 Å². The molecular weight excluding hydrogens is 268 g/mol. The molecule has 1 aliphatic heterocycles. The van der Waals surface area contributed by atoms with Crippen molar-refractivity contribution < 1.29 is 4.79 Å². The third-order valence-corrected chi connectivity index (χ3v) is 4.38. The van der Waals surface area contributed by atoms with Gasteiger partial charge in [-0.25, -0.2) is 0 Å². The maximum absolute atomic E-state index is 12.1. The summed E-state index contributed by atoms with van der Waals surface area (Å²) in [6.45, 7) is 8.48. The second-order valence-electron chi connectivity index (χ2n) is 6.25. The van der Waals surface area contributed by atoms with Crippen LogP contribution in [-0.2, 0) is 4.79 Å². The molecule has 0 unspecified atom stereocenters. The summed E-state index contributed by atoms with van der Waals surface area (Å²) >= 11 is 1.84. The lowest BCUT2D eigenvalue weighted by atomic mass is 9.97. The predicted octanol–water partition coefficient (Wildman–Crippen LogP) is 3.52. The second kappa shape index (κ2) is 6.64. The van der Waals surface area contributed by atoms with E-state index in [0.29, 0.717) is 0 Å². The van der Waals surface area contributed by atoms with E-state index in [2.05, 4.69) is 43.5 Å². The third-order valence-electron chi connectivity index (χ3n) is 3.26. The summed E-state index contributed by atoms with van der Waals surface area (Å²) in [7, 11) is 0. The van der Waals surface area contributed by atoms with Gasteiger partial charge in [0.2, 0.25) is 5.91 Å². The van der Waals surface area contributed by atoms with Gasteiger partial charge in [-0.1, -0.05) is 20.8 Å². The summed E-state index contributed by atoms with van der Waals surface area (Å²) in [5.41, 5.74) is 0.895. The average molecular weight is 292 g/mol. The Kier molecular flexibility index (Phi) is 5.11. The minimum atomic E-state index is 0.153. The first-order valence-corrected chi connectivity index (χ1v) is 8.06. The number of hydrogen-bond donors (Lipinski definition) is 2. The van der Waals surface area contributed by atoms with E-state index in [-0.39, 0.29) is 16.6 Å². The molecule has 2 rings (SSSR count).